The second-order valence-corrected chi connectivity index (χ2v) is 29.5. The van der Waals surface area contributed by atoms with Crippen LogP contribution in [0.3, 0.4) is 0 Å². The Labute approximate surface area is 827 Å². The number of allylic oxidation sites excluding steroid dienone is 10. The molecule has 20 heteroatoms. The maximum absolute atomic E-state index is 10.0. The Bertz CT molecular complexity index is 6060. The Balaban J connectivity index is 0.000000733. The molecule has 0 spiro atoms. The Morgan fingerprint density at radius 1 is 0.256 bits per heavy atom. The van der Waals surface area contributed by atoms with Crippen LogP contribution in [0, 0.1) is 92.6 Å². The van der Waals surface area contributed by atoms with E-state index in [0.717, 1.165) is 89.4 Å². The number of fused-ring (bicyclic) bond motifs is 5. The molecule has 129 heavy (non-hydrogen) atoms. The van der Waals surface area contributed by atoms with Gasteiger partial charge in [0.15, 0.2) is 28.9 Å². The molecule has 5 aromatic heterocycles. The summed E-state index contributed by atoms with van der Waals surface area (Å²) in [7, 11) is 0. The number of para-hydroxylation sites is 5. The largest absolute Gasteiger partial charge is 0.512 e. The van der Waals surface area contributed by atoms with Crippen molar-refractivity contribution in [3.05, 3.63) is 388 Å². The molecule has 0 saturated carbocycles. The summed E-state index contributed by atoms with van der Waals surface area (Å²) in [6.07, 6.45) is 5.83. The first-order valence-electron chi connectivity index (χ1n) is 40.1. The Kier molecular flexibility index (Phi) is 53.4. The van der Waals surface area contributed by atoms with Crippen molar-refractivity contribution in [2.24, 2.45) is 0 Å². The van der Waals surface area contributed by atoms with Crippen LogP contribution in [-0.2, 0) is 124 Å². The number of aryl methyl sites for hydroxylation is 9. The van der Waals surface area contributed by atoms with E-state index in [-0.39, 0.29) is 158 Å². The molecule has 5 heterocycles. The molecule has 15 nitrogen and oxygen atoms in total. The molecular weight excluding hydrogens is 2500 g/mol. The van der Waals surface area contributed by atoms with Gasteiger partial charge in [-0.1, -0.05) is 149 Å². The number of ketones is 5. The standard InChI is InChI=1S/4C17H14N.C16H12N.5C5H8O2.5Ir/c2*1-12-6-5-7-14(10-12)17-11-13(2)15-8-3-4-9-16(15)18-17;1-12-7-3-4-8-14(12)17-11-13(2)15-9-5-6-10-16(15)18-17;1-12-7-9-14(10-8-12)17-11-13(2)15-5-3-4-6-16(15)18-17;1-12-11-16(13-7-3-2-4-8-13)17-15-10-6-5-9-14(12)15;5*1-4(6)3-5(2)7;;;;;/h3-6,8-11H,1-2H3;3-9,11H,1-2H3;3-7,9-11H,1-2H3;3-9,11H,1-2H3;2-7,9-11H,1H3;5*3,6H,1-2H3;;;;;/q5*-1;;;;;;;;;;. The van der Waals surface area contributed by atoms with Gasteiger partial charge in [-0.15, -0.1) is 177 Å². The van der Waals surface area contributed by atoms with Crippen LogP contribution >= 0.6 is 0 Å². The molecule has 15 rings (SSSR count). The summed E-state index contributed by atoms with van der Waals surface area (Å²) in [6.45, 7) is 33.2. The zero-order valence-corrected chi connectivity index (χ0v) is 87.7. The van der Waals surface area contributed by atoms with Gasteiger partial charge < -0.3 is 25.5 Å². The van der Waals surface area contributed by atoms with Gasteiger partial charge in [-0.25, -0.2) is 0 Å². The molecule has 0 aliphatic heterocycles. The molecule has 0 unspecified atom stereocenters. The fourth-order valence-electron chi connectivity index (χ4n) is 12.4. The number of aliphatic hydroxyl groups is 5. The van der Waals surface area contributed by atoms with Crippen LogP contribution in [0.15, 0.2) is 308 Å². The topological polar surface area (TPSA) is 251 Å². The van der Waals surface area contributed by atoms with Crippen molar-refractivity contribution >= 4 is 83.4 Å². The molecule has 10 aromatic carbocycles. The van der Waals surface area contributed by atoms with Crippen LogP contribution in [0.5, 0.6) is 0 Å². The fourth-order valence-corrected chi connectivity index (χ4v) is 12.4. The van der Waals surface area contributed by atoms with Gasteiger partial charge in [0, 0.05) is 158 Å². The number of carbonyl (C=O) groups excluding carboxylic acids is 5. The molecule has 0 bridgehead atoms. The predicted molar refractivity (Wildman–Crippen MR) is 508 cm³/mol. The second-order valence-electron chi connectivity index (χ2n) is 29.5. The van der Waals surface area contributed by atoms with Crippen molar-refractivity contribution in [3.63, 3.8) is 0 Å². The summed E-state index contributed by atoms with van der Waals surface area (Å²) in [6, 6.07) is 101. The minimum atomic E-state index is -0.125. The van der Waals surface area contributed by atoms with Gasteiger partial charge in [0.05, 0.1) is 56.4 Å². The molecule has 679 valence electrons. The minimum Gasteiger partial charge on any atom is -0.512 e. The molecule has 15 aromatic rings. The SMILES string of the molecule is CC(=O)C=C(C)O.CC(=O)C=C(C)O.CC(=O)C=C(C)O.CC(=O)C=C(C)O.CC(=O)C=C(C)O.Cc1[c-]c(-c2cc(C)c3ccccc3n2)ccc1.Cc1c[c-]c(-c2cc(C)c3ccccc3n2)cc1.Cc1cc(-c2[c-]cccc2)nc2ccccc12.Cc1cc[c-]c(-c2cc(C)c3ccccc3n2)c1.Cc1ccc[c-]c1-c1cc(C)c2ccccc2n1.[Ir].[Ir].[Ir].[Ir].[Ir]. The van der Waals surface area contributed by atoms with Crippen molar-refractivity contribution in [1.29, 1.82) is 0 Å². The van der Waals surface area contributed by atoms with Crippen molar-refractivity contribution in [2.45, 2.75) is 132 Å². The summed E-state index contributed by atoms with van der Waals surface area (Å²) in [5.41, 5.74) is 26.6. The summed E-state index contributed by atoms with van der Waals surface area (Å²) >= 11 is 0. The fraction of sp³-hybridized carbons (Fsp3) is 0.174. The zero-order chi connectivity index (χ0) is 91.1. The van der Waals surface area contributed by atoms with E-state index in [4.69, 9.17) is 45.5 Å². The third-order valence-corrected chi connectivity index (χ3v) is 17.7. The maximum Gasteiger partial charge on any atom is 0.155 e. The Morgan fingerprint density at radius 3 is 0.845 bits per heavy atom. The van der Waals surface area contributed by atoms with E-state index >= 15 is 0 Å². The minimum absolute atomic E-state index is 0. The Hall–Kier alpha value is -11.5. The number of pyridine rings is 5. The number of rotatable bonds is 10. The van der Waals surface area contributed by atoms with Crippen LogP contribution in [-0.4, -0.2) is 79.4 Å². The van der Waals surface area contributed by atoms with Crippen molar-refractivity contribution in [2.75, 3.05) is 0 Å². The van der Waals surface area contributed by atoms with Crippen LogP contribution in [0.2, 0.25) is 0 Å². The number of carbonyl (C=O) groups is 5. The average Bonchev–Trinajstić information content (AvgIpc) is 0.824. The van der Waals surface area contributed by atoms with E-state index in [1.54, 1.807) is 0 Å². The van der Waals surface area contributed by atoms with E-state index < -0.39 is 0 Å². The molecular formula is C109H108Ir5N5O10-5. The summed E-state index contributed by atoms with van der Waals surface area (Å²) in [4.78, 5) is 73.6. The number of aromatic nitrogens is 5. The quantitative estimate of drug-likeness (QED) is 0.0485. The van der Waals surface area contributed by atoms with Crippen LogP contribution in [0.25, 0.3) is 111 Å². The predicted octanol–water partition coefficient (Wildman–Crippen LogP) is 26.5. The van der Waals surface area contributed by atoms with Crippen molar-refractivity contribution in [1.82, 2.24) is 24.9 Å². The molecule has 0 saturated heterocycles. The number of aliphatic hydroxyl groups excluding tert-OH is 5. The monoisotopic (exact) mass is 2610 g/mol. The van der Waals surface area contributed by atoms with Gasteiger partial charge in [0.25, 0.3) is 0 Å². The third-order valence-electron chi connectivity index (χ3n) is 17.7. The zero-order valence-electron chi connectivity index (χ0n) is 75.7. The van der Waals surface area contributed by atoms with Crippen LogP contribution in [0.1, 0.15) is 119 Å². The van der Waals surface area contributed by atoms with Gasteiger partial charge in [-0.05, 0) is 190 Å². The molecule has 0 aliphatic rings. The third kappa shape index (κ3) is 41.2. The molecule has 5 N–H and O–H groups in total. The normalized spacial score (nSPS) is 10.5. The second kappa shape index (κ2) is 59.6. The summed E-state index contributed by atoms with van der Waals surface area (Å²) in [5, 5.41) is 47.9. The van der Waals surface area contributed by atoms with E-state index in [1.807, 2.05) is 91.0 Å². The molecule has 0 fully saturated rings. The van der Waals surface area contributed by atoms with Gasteiger partial charge in [0.2, 0.25) is 0 Å². The Morgan fingerprint density at radius 2 is 0.550 bits per heavy atom. The summed E-state index contributed by atoms with van der Waals surface area (Å²) < 4.78 is 0. The smallest absolute Gasteiger partial charge is 0.155 e. The number of hydrogen-bond donors (Lipinski definition) is 5. The van der Waals surface area contributed by atoms with E-state index in [9.17, 15) is 24.0 Å². The molecule has 0 amide bonds. The van der Waals surface area contributed by atoms with E-state index in [1.165, 1.54) is 171 Å². The van der Waals surface area contributed by atoms with Crippen molar-refractivity contribution in [3.8, 4) is 56.3 Å². The first-order valence-corrected chi connectivity index (χ1v) is 40.1. The van der Waals surface area contributed by atoms with E-state index in [2.05, 4.69) is 255 Å². The number of hydrogen-bond acceptors (Lipinski definition) is 15. The molecule has 5 radical (unpaired) electrons. The van der Waals surface area contributed by atoms with Gasteiger partial charge in [-0.3, -0.25) is 48.9 Å². The molecule has 0 aliphatic carbocycles. The van der Waals surface area contributed by atoms with Crippen LogP contribution < -0.4 is 0 Å². The van der Waals surface area contributed by atoms with Gasteiger partial charge in [0.1, 0.15) is 0 Å². The first kappa shape index (κ1) is 116. The number of nitrogens with zero attached hydrogens (tertiary/aromatic N) is 5. The first-order chi connectivity index (χ1) is 58.9. The van der Waals surface area contributed by atoms with Crippen molar-refractivity contribution < 1.29 is 150 Å². The average molecular weight is 2610 g/mol. The van der Waals surface area contributed by atoms with Gasteiger partial charge in [-0.2, -0.15) is 0 Å². The summed E-state index contributed by atoms with van der Waals surface area (Å²) in [5.74, 6) is -0.312. The van der Waals surface area contributed by atoms with Crippen LogP contribution in [0.4, 0.5) is 0 Å². The van der Waals surface area contributed by atoms with E-state index in [0.29, 0.717) is 0 Å². The number of benzene rings is 10. The van der Waals surface area contributed by atoms with Gasteiger partial charge >= 0.3 is 0 Å². The maximum atomic E-state index is 10.0. The molecule has 0 atom stereocenters.